The third-order valence-corrected chi connectivity index (χ3v) is 2.88. The van der Waals surface area contributed by atoms with E-state index in [1.807, 2.05) is 18.2 Å². The summed E-state index contributed by atoms with van der Waals surface area (Å²) in [6.07, 6.45) is 4.07. The van der Waals surface area contributed by atoms with Gasteiger partial charge < -0.3 is 5.73 Å². The molecule has 0 aliphatic heterocycles. The van der Waals surface area contributed by atoms with Gasteiger partial charge in [0.05, 0.1) is 11.7 Å². The smallest absolute Gasteiger partial charge is 0.0726 e. The maximum atomic E-state index is 6.18. The Morgan fingerprint density at radius 2 is 1.88 bits per heavy atom. The van der Waals surface area contributed by atoms with Crippen molar-refractivity contribution < 1.29 is 0 Å². The SMILES string of the molecule is CCCc1ccc(C(N)c2ccccn2)cc1. The highest BCUT2D eigenvalue weighted by atomic mass is 14.8. The number of hydrogen-bond acceptors (Lipinski definition) is 2. The van der Waals surface area contributed by atoms with E-state index in [0.29, 0.717) is 0 Å². The Kier molecular flexibility index (Phi) is 3.89. The first-order valence-corrected chi connectivity index (χ1v) is 6.06. The molecule has 2 N–H and O–H groups in total. The standard InChI is InChI=1S/C15H18N2/c1-2-5-12-7-9-13(10-8-12)15(16)14-6-3-4-11-17-14/h3-4,6-11,15H,2,5,16H2,1H3. The van der Waals surface area contributed by atoms with Crippen LogP contribution in [-0.4, -0.2) is 4.98 Å². The Hall–Kier alpha value is -1.67. The van der Waals surface area contributed by atoms with Gasteiger partial charge in [-0.1, -0.05) is 43.7 Å². The molecule has 1 aromatic carbocycles. The van der Waals surface area contributed by atoms with Crippen molar-refractivity contribution in [3.05, 3.63) is 65.5 Å². The van der Waals surface area contributed by atoms with Gasteiger partial charge in [0.1, 0.15) is 0 Å². The topological polar surface area (TPSA) is 38.9 Å². The first kappa shape index (κ1) is 11.8. The highest BCUT2D eigenvalue weighted by Gasteiger charge is 2.09. The van der Waals surface area contributed by atoms with Gasteiger partial charge in [0.25, 0.3) is 0 Å². The van der Waals surface area contributed by atoms with E-state index in [-0.39, 0.29) is 6.04 Å². The molecule has 1 unspecified atom stereocenters. The highest BCUT2D eigenvalue weighted by molar-refractivity contribution is 5.30. The van der Waals surface area contributed by atoms with Gasteiger partial charge in [-0.2, -0.15) is 0 Å². The molecule has 88 valence electrons. The predicted octanol–water partition coefficient (Wildman–Crippen LogP) is 3.08. The molecule has 0 aliphatic carbocycles. The van der Waals surface area contributed by atoms with Gasteiger partial charge in [0.2, 0.25) is 0 Å². The van der Waals surface area contributed by atoms with Crippen molar-refractivity contribution in [2.75, 3.05) is 0 Å². The van der Waals surface area contributed by atoms with Crippen molar-refractivity contribution in [2.24, 2.45) is 5.73 Å². The number of rotatable bonds is 4. The molecule has 0 fully saturated rings. The molecular weight excluding hydrogens is 208 g/mol. The van der Waals surface area contributed by atoms with E-state index in [1.54, 1.807) is 6.20 Å². The van der Waals surface area contributed by atoms with Crippen LogP contribution in [0.1, 0.15) is 36.2 Å². The highest BCUT2D eigenvalue weighted by Crippen LogP contribution is 2.18. The van der Waals surface area contributed by atoms with E-state index >= 15 is 0 Å². The van der Waals surface area contributed by atoms with Gasteiger partial charge in [-0.15, -0.1) is 0 Å². The predicted molar refractivity (Wildman–Crippen MR) is 70.7 cm³/mol. The zero-order chi connectivity index (χ0) is 12.1. The van der Waals surface area contributed by atoms with Crippen LogP contribution in [0, 0.1) is 0 Å². The third-order valence-electron chi connectivity index (χ3n) is 2.88. The normalized spacial score (nSPS) is 12.4. The van der Waals surface area contributed by atoms with Gasteiger partial charge in [-0.25, -0.2) is 0 Å². The van der Waals surface area contributed by atoms with Crippen molar-refractivity contribution in [3.8, 4) is 0 Å². The lowest BCUT2D eigenvalue weighted by molar-refractivity contribution is 0.826. The molecular formula is C15H18N2. The van der Waals surface area contributed by atoms with Crippen LogP contribution >= 0.6 is 0 Å². The zero-order valence-corrected chi connectivity index (χ0v) is 10.1. The third kappa shape index (κ3) is 2.92. The number of aryl methyl sites for hydroxylation is 1. The van der Waals surface area contributed by atoms with Crippen LogP contribution in [-0.2, 0) is 6.42 Å². The summed E-state index contributed by atoms with van der Waals surface area (Å²) in [5, 5.41) is 0. The van der Waals surface area contributed by atoms with Crippen LogP contribution in [0.4, 0.5) is 0 Å². The summed E-state index contributed by atoms with van der Waals surface area (Å²) in [6.45, 7) is 2.19. The quantitative estimate of drug-likeness (QED) is 0.870. The maximum Gasteiger partial charge on any atom is 0.0726 e. The summed E-state index contributed by atoms with van der Waals surface area (Å²) in [5.41, 5.74) is 9.57. The Morgan fingerprint density at radius 3 is 2.47 bits per heavy atom. The second-order valence-electron chi connectivity index (χ2n) is 4.22. The number of nitrogens with zero attached hydrogens (tertiary/aromatic N) is 1. The van der Waals surface area contributed by atoms with Gasteiger partial charge in [0, 0.05) is 6.20 Å². The zero-order valence-electron chi connectivity index (χ0n) is 10.1. The van der Waals surface area contributed by atoms with E-state index in [4.69, 9.17) is 5.73 Å². The van der Waals surface area contributed by atoms with Crippen molar-refractivity contribution in [2.45, 2.75) is 25.8 Å². The molecule has 0 saturated carbocycles. The molecule has 2 heteroatoms. The second kappa shape index (κ2) is 5.60. The monoisotopic (exact) mass is 226 g/mol. The van der Waals surface area contributed by atoms with E-state index in [0.717, 1.165) is 17.7 Å². The number of benzene rings is 1. The molecule has 1 aromatic heterocycles. The average molecular weight is 226 g/mol. The molecule has 0 spiro atoms. The molecule has 1 atom stereocenters. The molecule has 1 heterocycles. The van der Waals surface area contributed by atoms with E-state index in [9.17, 15) is 0 Å². The van der Waals surface area contributed by atoms with E-state index < -0.39 is 0 Å². The van der Waals surface area contributed by atoms with Crippen molar-refractivity contribution in [1.82, 2.24) is 4.98 Å². The fourth-order valence-corrected chi connectivity index (χ4v) is 1.91. The molecule has 2 nitrogen and oxygen atoms in total. The number of aromatic nitrogens is 1. The minimum absolute atomic E-state index is 0.133. The summed E-state index contributed by atoms with van der Waals surface area (Å²) in [7, 11) is 0. The maximum absolute atomic E-state index is 6.18. The van der Waals surface area contributed by atoms with Crippen LogP contribution in [0.5, 0.6) is 0 Å². The number of pyridine rings is 1. The van der Waals surface area contributed by atoms with Crippen molar-refractivity contribution in [1.29, 1.82) is 0 Å². The fraction of sp³-hybridized carbons (Fsp3) is 0.267. The Balaban J connectivity index is 2.17. The van der Waals surface area contributed by atoms with Gasteiger partial charge in [-0.3, -0.25) is 4.98 Å². The summed E-state index contributed by atoms with van der Waals surface area (Å²) in [6, 6.07) is 14.2. The van der Waals surface area contributed by atoms with Gasteiger partial charge in [0.15, 0.2) is 0 Å². The molecule has 0 bridgehead atoms. The van der Waals surface area contributed by atoms with Crippen molar-refractivity contribution in [3.63, 3.8) is 0 Å². The largest absolute Gasteiger partial charge is 0.319 e. The van der Waals surface area contributed by atoms with Crippen LogP contribution < -0.4 is 5.73 Å². The molecule has 0 amide bonds. The Labute approximate surface area is 103 Å². The summed E-state index contributed by atoms with van der Waals surface area (Å²) < 4.78 is 0. The van der Waals surface area contributed by atoms with Crippen LogP contribution in [0.2, 0.25) is 0 Å². The van der Waals surface area contributed by atoms with Crippen molar-refractivity contribution >= 4 is 0 Å². The van der Waals surface area contributed by atoms with Crippen LogP contribution in [0.3, 0.4) is 0 Å². The minimum Gasteiger partial charge on any atom is -0.319 e. The first-order valence-electron chi connectivity index (χ1n) is 6.06. The number of nitrogens with two attached hydrogens (primary N) is 1. The Morgan fingerprint density at radius 1 is 1.12 bits per heavy atom. The Bertz CT molecular complexity index is 448. The fourth-order valence-electron chi connectivity index (χ4n) is 1.91. The summed E-state index contributed by atoms with van der Waals surface area (Å²) >= 11 is 0. The molecule has 17 heavy (non-hydrogen) atoms. The van der Waals surface area contributed by atoms with Crippen LogP contribution in [0.25, 0.3) is 0 Å². The van der Waals surface area contributed by atoms with E-state index in [2.05, 4.69) is 36.2 Å². The lowest BCUT2D eigenvalue weighted by Gasteiger charge is -2.11. The summed E-state index contributed by atoms with van der Waals surface area (Å²) in [4.78, 5) is 4.29. The lowest BCUT2D eigenvalue weighted by atomic mass is 10.0. The van der Waals surface area contributed by atoms with Gasteiger partial charge in [-0.05, 0) is 29.7 Å². The van der Waals surface area contributed by atoms with Crippen LogP contribution in [0.15, 0.2) is 48.7 Å². The molecule has 0 radical (unpaired) electrons. The second-order valence-corrected chi connectivity index (χ2v) is 4.22. The molecule has 0 saturated heterocycles. The average Bonchev–Trinajstić information content (AvgIpc) is 2.40. The van der Waals surface area contributed by atoms with Gasteiger partial charge >= 0.3 is 0 Å². The van der Waals surface area contributed by atoms with E-state index in [1.165, 1.54) is 12.0 Å². The first-order chi connectivity index (χ1) is 8.31. The molecule has 2 rings (SSSR count). The minimum atomic E-state index is -0.133. The lowest BCUT2D eigenvalue weighted by Crippen LogP contribution is -2.13. The summed E-state index contributed by atoms with van der Waals surface area (Å²) in [5.74, 6) is 0. The number of hydrogen-bond donors (Lipinski definition) is 1. The molecule has 0 aliphatic rings. The molecule has 2 aromatic rings.